The fourth-order valence-electron chi connectivity index (χ4n) is 2.04. The average molecular weight is 323 g/mol. The van der Waals surface area contributed by atoms with Gasteiger partial charge in [0, 0.05) is 12.5 Å². The van der Waals surface area contributed by atoms with E-state index in [1.807, 2.05) is 0 Å². The Morgan fingerprint density at radius 2 is 1.87 bits per heavy atom. The van der Waals surface area contributed by atoms with Crippen LogP contribution in [0.4, 0.5) is 18.9 Å². The van der Waals surface area contributed by atoms with Crippen molar-refractivity contribution >= 4 is 11.6 Å². The molecule has 0 unspecified atom stereocenters. The van der Waals surface area contributed by atoms with Gasteiger partial charge in [0.1, 0.15) is 11.6 Å². The summed E-state index contributed by atoms with van der Waals surface area (Å²) in [6.07, 6.45) is 0.336. The van der Waals surface area contributed by atoms with Crippen molar-refractivity contribution in [3.05, 3.63) is 59.4 Å². The van der Waals surface area contributed by atoms with Gasteiger partial charge in [0.2, 0.25) is 5.91 Å². The van der Waals surface area contributed by atoms with Crippen molar-refractivity contribution in [1.29, 1.82) is 0 Å². The Bertz CT molecular complexity index is 704. The second-order valence-corrected chi connectivity index (χ2v) is 4.87. The third-order valence-corrected chi connectivity index (χ3v) is 3.14. The Morgan fingerprint density at radius 3 is 2.57 bits per heavy atom. The zero-order chi connectivity index (χ0) is 16.8. The van der Waals surface area contributed by atoms with Gasteiger partial charge in [0.05, 0.1) is 12.3 Å². The van der Waals surface area contributed by atoms with Crippen LogP contribution in [0.1, 0.15) is 18.9 Å². The van der Waals surface area contributed by atoms with E-state index < -0.39 is 17.5 Å². The number of aryl methyl sites for hydroxylation is 1. The van der Waals surface area contributed by atoms with Crippen LogP contribution in [0, 0.1) is 17.5 Å². The van der Waals surface area contributed by atoms with E-state index in [1.54, 1.807) is 6.92 Å². The number of rotatable bonds is 6. The Kier molecular flexibility index (Phi) is 5.62. The summed E-state index contributed by atoms with van der Waals surface area (Å²) in [7, 11) is 0. The van der Waals surface area contributed by atoms with Gasteiger partial charge in [-0.1, -0.05) is 6.07 Å². The predicted octanol–water partition coefficient (Wildman–Crippen LogP) is 4.07. The second-order valence-electron chi connectivity index (χ2n) is 4.87. The molecule has 1 amide bonds. The Hall–Kier alpha value is -2.50. The van der Waals surface area contributed by atoms with Crippen LogP contribution in [-0.4, -0.2) is 12.5 Å². The summed E-state index contributed by atoms with van der Waals surface area (Å²) >= 11 is 0. The second kappa shape index (κ2) is 7.67. The summed E-state index contributed by atoms with van der Waals surface area (Å²) < 4.78 is 44.4. The normalized spacial score (nSPS) is 10.4. The highest BCUT2D eigenvalue weighted by atomic mass is 19.2. The van der Waals surface area contributed by atoms with E-state index in [0.717, 1.165) is 12.1 Å². The highest BCUT2D eigenvalue weighted by molar-refractivity contribution is 5.92. The molecule has 0 saturated carbocycles. The summed E-state index contributed by atoms with van der Waals surface area (Å²) in [5.41, 5.74) is 0.881. The molecule has 0 aromatic heterocycles. The molecule has 6 heteroatoms. The van der Waals surface area contributed by atoms with Gasteiger partial charge in [-0.15, -0.1) is 0 Å². The zero-order valence-corrected chi connectivity index (χ0v) is 12.5. The van der Waals surface area contributed by atoms with E-state index in [4.69, 9.17) is 4.74 Å². The number of benzene rings is 2. The van der Waals surface area contributed by atoms with Crippen LogP contribution in [0.2, 0.25) is 0 Å². The van der Waals surface area contributed by atoms with Gasteiger partial charge in [-0.3, -0.25) is 4.79 Å². The minimum atomic E-state index is -0.944. The first-order valence-corrected chi connectivity index (χ1v) is 7.15. The maximum atomic E-state index is 13.2. The van der Waals surface area contributed by atoms with Crippen LogP contribution in [0.15, 0.2) is 36.4 Å². The quantitative estimate of drug-likeness (QED) is 0.870. The van der Waals surface area contributed by atoms with Crippen molar-refractivity contribution < 1.29 is 22.7 Å². The standard InChI is InChI=1S/C17H16F3NO2/c1-2-23-16-10-12(18)5-7-15(16)21-17(22)8-4-11-3-6-13(19)14(20)9-11/h3,5-7,9-10H,2,4,8H2,1H3,(H,21,22). The fourth-order valence-corrected chi connectivity index (χ4v) is 2.04. The smallest absolute Gasteiger partial charge is 0.224 e. The number of anilines is 1. The van der Waals surface area contributed by atoms with Crippen LogP contribution in [0.3, 0.4) is 0 Å². The van der Waals surface area contributed by atoms with Crippen molar-refractivity contribution in [2.45, 2.75) is 19.8 Å². The third-order valence-electron chi connectivity index (χ3n) is 3.14. The monoisotopic (exact) mass is 323 g/mol. The summed E-state index contributed by atoms with van der Waals surface area (Å²) in [4.78, 5) is 12.0. The largest absolute Gasteiger partial charge is 0.492 e. The Balaban J connectivity index is 1.98. The lowest BCUT2D eigenvalue weighted by molar-refractivity contribution is -0.116. The zero-order valence-electron chi connectivity index (χ0n) is 12.5. The number of hydrogen-bond acceptors (Lipinski definition) is 2. The molecule has 2 rings (SSSR count). The summed E-state index contributed by atoms with van der Waals surface area (Å²) in [5.74, 6) is -2.42. The number of nitrogens with one attached hydrogen (secondary N) is 1. The van der Waals surface area contributed by atoms with E-state index in [1.165, 1.54) is 24.3 Å². The Morgan fingerprint density at radius 1 is 1.09 bits per heavy atom. The molecule has 2 aromatic carbocycles. The number of ether oxygens (including phenoxy) is 1. The summed E-state index contributed by atoms with van der Waals surface area (Å²) in [5, 5.41) is 2.62. The first-order chi connectivity index (χ1) is 11.0. The first-order valence-electron chi connectivity index (χ1n) is 7.15. The summed E-state index contributed by atoms with van der Waals surface area (Å²) in [6, 6.07) is 7.33. The molecule has 0 spiro atoms. The lowest BCUT2D eigenvalue weighted by atomic mass is 10.1. The van der Waals surface area contributed by atoms with E-state index in [0.29, 0.717) is 17.9 Å². The Labute approximate surface area is 132 Å². The van der Waals surface area contributed by atoms with Gasteiger partial charge < -0.3 is 10.1 Å². The molecular formula is C17H16F3NO2. The topological polar surface area (TPSA) is 38.3 Å². The molecule has 0 aliphatic rings. The van der Waals surface area contributed by atoms with Gasteiger partial charge in [0.15, 0.2) is 11.6 Å². The lowest BCUT2D eigenvalue weighted by Gasteiger charge is -2.11. The molecule has 0 fully saturated rings. The third kappa shape index (κ3) is 4.74. The molecule has 0 bridgehead atoms. The molecule has 0 heterocycles. The van der Waals surface area contributed by atoms with Crippen molar-refractivity contribution in [3.63, 3.8) is 0 Å². The minimum absolute atomic E-state index is 0.0774. The highest BCUT2D eigenvalue weighted by Gasteiger charge is 2.10. The van der Waals surface area contributed by atoms with Gasteiger partial charge in [-0.2, -0.15) is 0 Å². The maximum absolute atomic E-state index is 13.2. The maximum Gasteiger partial charge on any atom is 0.224 e. The minimum Gasteiger partial charge on any atom is -0.492 e. The van der Waals surface area contributed by atoms with Crippen molar-refractivity contribution in [2.24, 2.45) is 0 Å². The highest BCUT2D eigenvalue weighted by Crippen LogP contribution is 2.25. The number of halogens is 3. The van der Waals surface area contributed by atoms with Gasteiger partial charge >= 0.3 is 0 Å². The molecule has 0 radical (unpaired) electrons. The van der Waals surface area contributed by atoms with Crippen molar-refractivity contribution in [2.75, 3.05) is 11.9 Å². The predicted molar refractivity (Wildman–Crippen MR) is 80.9 cm³/mol. The van der Waals surface area contributed by atoms with E-state index in [2.05, 4.69) is 5.32 Å². The molecule has 0 saturated heterocycles. The van der Waals surface area contributed by atoms with E-state index >= 15 is 0 Å². The van der Waals surface area contributed by atoms with Crippen molar-refractivity contribution in [1.82, 2.24) is 0 Å². The fraction of sp³-hybridized carbons (Fsp3) is 0.235. The number of carbonyl (C=O) groups is 1. The van der Waals surface area contributed by atoms with E-state index in [9.17, 15) is 18.0 Å². The van der Waals surface area contributed by atoms with Crippen molar-refractivity contribution in [3.8, 4) is 5.75 Å². The first kappa shape index (κ1) is 16.9. The molecule has 3 nitrogen and oxygen atoms in total. The number of hydrogen-bond donors (Lipinski definition) is 1. The molecule has 23 heavy (non-hydrogen) atoms. The van der Waals surface area contributed by atoms with E-state index in [-0.39, 0.29) is 24.5 Å². The molecule has 0 aliphatic heterocycles. The van der Waals surface area contributed by atoms with Crippen LogP contribution in [0.5, 0.6) is 5.75 Å². The average Bonchev–Trinajstić information content (AvgIpc) is 2.51. The molecular weight excluding hydrogens is 307 g/mol. The summed E-state index contributed by atoms with van der Waals surface area (Å²) in [6.45, 7) is 2.08. The molecule has 122 valence electrons. The SMILES string of the molecule is CCOc1cc(F)ccc1NC(=O)CCc1ccc(F)c(F)c1. The van der Waals surface area contributed by atoms with Crippen LogP contribution in [-0.2, 0) is 11.2 Å². The number of amides is 1. The number of carbonyl (C=O) groups excluding carboxylic acids is 1. The van der Waals surface area contributed by atoms with Gasteiger partial charge in [0.25, 0.3) is 0 Å². The molecule has 1 N–H and O–H groups in total. The molecule has 0 atom stereocenters. The van der Waals surface area contributed by atoms with Crippen LogP contribution >= 0.6 is 0 Å². The van der Waals surface area contributed by atoms with Gasteiger partial charge in [-0.25, -0.2) is 13.2 Å². The molecule has 2 aromatic rings. The van der Waals surface area contributed by atoms with Crippen LogP contribution < -0.4 is 10.1 Å². The van der Waals surface area contributed by atoms with Crippen LogP contribution in [0.25, 0.3) is 0 Å². The molecule has 0 aliphatic carbocycles. The lowest BCUT2D eigenvalue weighted by Crippen LogP contribution is -2.13. The van der Waals surface area contributed by atoms with Gasteiger partial charge in [-0.05, 0) is 43.2 Å².